The van der Waals surface area contributed by atoms with E-state index in [0.717, 1.165) is 5.69 Å². The lowest BCUT2D eigenvalue weighted by atomic mass is 10.3. The maximum absolute atomic E-state index is 12.6. The Morgan fingerprint density at radius 1 is 1.08 bits per heavy atom. The molecule has 2 aromatic heterocycles. The number of rotatable bonds is 2. The van der Waals surface area contributed by atoms with Crippen molar-refractivity contribution in [3.63, 3.8) is 0 Å². The molecule has 2 amide bonds. The number of nitrogens with zero attached hydrogens (tertiary/aromatic N) is 3. The van der Waals surface area contributed by atoms with Gasteiger partial charge in [0.2, 0.25) is 0 Å². The van der Waals surface area contributed by atoms with Gasteiger partial charge in [0.25, 0.3) is 11.8 Å². The zero-order chi connectivity index (χ0) is 18.0. The van der Waals surface area contributed by atoms with Gasteiger partial charge in [0, 0.05) is 44.0 Å². The van der Waals surface area contributed by atoms with Gasteiger partial charge in [0.1, 0.15) is 11.5 Å². The van der Waals surface area contributed by atoms with Crippen LogP contribution < -0.4 is 5.43 Å². The van der Waals surface area contributed by atoms with Crippen molar-refractivity contribution in [3.8, 4) is 0 Å². The summed E-state index contributed by atoms with van der Waals surface area (Å²) in [6.45, 7) is 5.27. The number of carbonyl (C=O) groups excluding carboxylic acids is 2. The molecule has 0 bridgehead atoms. The van der Waals surface area contributed by atoms with Gasteiger partial charge in [-0.3, -0.25) is 14.4 Å². The summed E-state index contributed by atoms with van der Waals surface area (Å²) >= 11 is 0. The first-order chi connectivity index (χ1) is 12.0. The van der Waals surface area contributed by atoms with Gasteiger partial charge in [0.05, 0.1) is 6.33 Å². The van der Waals surface area contributed by atoms with E-state index in [1.165, 1.54) is 18.5 Å². The molecule has 8 nitrogen and oxygen atoms in total. The number of aryl methyl sites for hydroxylation is 2. The first kappa shape index (κ1) is 16.9. The maximum Gasteiger partial charge on any atom is 0.289 e. The predicted molar refractivity (Wildman–Crippen MR) is 89.5 cm³/mol. The molecule has 1 fully saturated rings. The van der Waals surface area contributed by atoms with Gasteiger partial charge in [-0.2, -0.15) is 0 Å². The van der Waals surface area contributed by atoms with E-state index in [0.29, 0.717) is 44.1 Å². The molecule has 0 aromatic carbocycles. The topological polar surface area (TPSA) is 99.5 Å². The molecule has 2 aromatic rings. The highest BCUT2D eigenvalue weighted by molar-refractivity contribution is 5.94. The number of amides is 2. The smallest absolute Gasteiger partial charge is 0.289 e. The molecule has 1 aliphatic heterocycles. The van der Waals surface area contributed by atoms with Gasteiger partial charge in [0.15, 0.2) is 11.2 Å². The summed E-state index contributed by atoms with van der Waals surface area (Å²) in [5.41, 5.74) is 0.876. The van der Waals surface area contributed by atoms with Gasteiger partial charge < -0.3 is 19.2 Å². The van der Waals surface area contributed by atoms with E-state index in [1.807, 2.05) is 0 Å². The number of H-pyrrole nitrogens is 1. The van der Waals surface area contributed by atoms with Gasteiger partial charge in [-0.25, -0.2) is 4.98 Å². The van der Waals surface area contributed by atoms with Crippen molar-refractivity contribution in [2.45, 2.75) is 20.3 Å². The quantitative estimate of drug-likeness (QED) is 0.875. The highest BCUT2D eigenvalue weighted by atomic mass is 16.3. The second-order valence-electron chi connectivity index (χ2n) is 6.08. The van der Waals surface area contributed by atoms with Gasteiger partial charge in [-0.15, -0.1) is 0 Å². The minimum Gasteiger partial charge on any atom is -0.456 e. The van der Waals surface area contributed by atoms with Crippen LogP contribution >= 0.6 is 0 Å². The molecule has 0 saturated carbocycles. The van der Waals surface area contributed by atoms with Crippen molar-refractivity contribution in [1.82, 2.24) is 19.8 Å². The summed E-state index contributed by atoms with van der Waals surface area (Å²) in [4.78, 5) is 47.0. The first-order valence-electron chi connectivity index (χ1n) is 8.16. The van der Waals surface area contributed by atoms with Crippen LogP contribution in [0.4, 0.5) is 0 Å². The molecule has 8 heteroatoms. The monoisotopic (exact) mass is 344 g/mol. The SMILES string of the molecule is Cc1cc(=O)cc(C(=O)N2CCCN(C(=O)c3nc[nH]c3C)CC2)o1. The second-order valence-corrected chi connectivity index (χ2v) is 6.08. The Kier molecular flexibility index (Phi) is 4.69. The van der Waals surface area contributed by atoms with E-state index < -0.39 is 0 Å². The zero-order valence-corrected chi connectivity index (χ0v) is 14.2. The fraction of sp³-hybridized carbons (Fsp3) is 0.412. The van der Waals surface area contributed by atoms with E-state index in [4.69, 9.17) is 4.42 Å². The highest BCUT2D eigenvalue weighted by Crippen LogP contribution is 2.12. The van der Waals surface area contributed by atoms with Crippen LogP contribution in [-0.4, -0.2) is 57.8 Å². The van der Waals surface area contributed by atoms with Crippen molar-refractivity contribution in [2.75, 3.05) is 26.2 Å². The molecule has 1 aliphatic rings. The molecule has 3 rings (SSSR count). The molecule has 0 radical (unpaired) electrons. The highest BCUT2D eigenvalue weighted by Gasteiger charge is 2.26. The predicted octanol–water partition coefficient (Wildman–Crippen LogP) is 0.968. The van der Waals surface area contributed by atoms with E-state index in [1.54, 1.807) is 23.6 Å². The molecule has 0 unspecified atom stereocenters. The minimum absolute atomic E-state index is 0.0351. The Bertz CT molecular complexity index is 854. The molecule has 25 heavy (non-hydrogen) atoms. The van der Waals surface area contributed by atoms with Crippen molar-refractivity contribution >= 4 is 11.8 Å². The zero-order valence-electron chi connectivity index (χ0n) is 14.2. The van der Waals surface area contributed by atoms with Crippen LogP contribution in [0.1, 0.15) is 38.9 Å². The van der Waals surface area contributed by atoms with E-state index in [-0.39, 0.29) is 23.0 Å². The standard InChI is InChI=1S/C17H20N4O4/c1-11-8-13(22)9-14(25-11)16(23)20-4-3-5-21(7-6-20)17(24)15-12(2)18-10-19-15/h8-10H,3-7H2,1-2H3,(H,18,19). The lowest BCUT2D eigenvalue weighted by molar-refractivity contribution is 0.0695. The Hall–Kier alpha value is -2.90. The summed E-state index contributed by atoms with van der Waals surface area (Å²) < 4.78 is 5.38. The van der Waals surface area contributed by atoms with E-state index >= 15 is 0 Å². The van der Waals surface area contributed by atoms with Gasteiger partial charge in [-0.1, -0.05) is 0 Å². The third-order valence-corrected chi connectivity index (χ3v) is 4.20. The van der Waals surface area contributed by atoms with Crippen LogP contribution in [0.3, 0.4) is 0 Å². The first-order valence-corrected chi connectivity index (χ1v) is 8.16. The fourth-order valence-electron chi connectivity index (χ4n) is 2.91. The second kappa shape index (κ2) is 6.92. The Morgan fingerprint density at radius 2 is 1.76 bits per heavy atom. The summed E-state index contributed by atoms with van der Waals surface area (Å²) in [6, 6.07) is 2.54. The van der Waals surface area contributed by atoms with Crippen molar-refractivity contribution in [3.05, 3.63) is 51.6 Å². The van der Waals surface area contributed by atoms with Crippen LogP contribution in [0.5, 0.6) is 0 Å². The van der Waals surface area contributed by atoms with Gasteiger partial charge >= 0.3 is 0 Å². The molecular weight excluding hydrogens is 324 g/mol. The summed E-state index contributed by atoms with van der Waals surface area (Å²) in [6.07, 6.45) is 2.15. The molecule has 1 saturated heterocycles. The Balaban J connectivity index is 1.71. The van der Waals surface area contributed by atoms with Crippen molar-refractivity contribution in [1.29, 1.82) is 0 Å². The number of hydrogen-bond acceptors (Lipinski definition) is 5. The Labute approximate surface area is 144 Å². The number of nitrogens with one attached hydrogen (secondary N) is 1. The number of imidazole rings is 1. The molecule has 0 spiro atoms. The normalized spacial score (nSPS) is 15.1. The van der Waals surface area contributed by atoms with Crippen LogP contribution in [0.15, 0.2) is 27.7 Å². The molecule has 3 heterocycles. The van der Waals surface area contributed by atoms with Crippen LogP contribution in [0, 0.1) is 13.8 Å². The summed E-state index contributed by atoms with van der Waals surface area (Å²) in [5.74, 6) is -0.0365. The van der Waals surface area contributed by atoms with Crippen LogP contribution in [0.2, 0.25) is 0 Å². The lowest BCUT2D eigenvalue weighted by Crippen LogP contribution is -2.37. The van der Waals surface area contributed by atoms with Gasteiger partial charge in [-0.05, 0) is 20.3 Å². The average Bonchev–Trinajstić information content (AvgIpc) is 2.85. The Morgan fingerprint density at radius 3 is 2.36 bits per heavy atom. The lowest BCUT2D eigenvalue weighted by Gasteiger charge is -2.21. The number of aromatic nitrogens is 2. The number of aromatic amines is 1. The molecule has 132 valence electrons. The van der Waals surface area contributed by atoms with E-state index in [9.17, 15) is 14.4 Å². The molecule has 0 aliphatic carbocycles. The number of carbonyl (C=O) groups is 2. The summed E-state index contributed by atoms with van der Waals surface area (Å²) in [7, 11) is 0. The molecule has 1 N–H and O–H groups in total. The fourth-order valence-corrected chi connectivity index (χ4v) is 2.91. The van der Waals surface area contributed by atoms with E-state index in [2.05, 4.69) is 9.97 Å². The van der Waals surface area contributed by atoms with Crippen molar-refractivity contribution in [2.24, 2.45) is 0 Å². The molecular formula is C17H20N4O4. The van der Waals surface area contributed by atoms with Crippen LogP contribution in [-0.2, 0) is 0 Å². The third-order valence-electron chi connectivity index (χ3n) is 4.20. The van der Waals surface area contributed by atoms with Crippen molar-refractivity contribution < 1.29 is 14.0 Å². The third kappa shape index (κ3) is 3.62. The average molecular weight is 344 g/mol. The largest absolute Gasteiger partial charge is 0.456 e. The minimum atomic E-state index is -0.328. The van der Waals surface area contributed by atoms with Crippen LogP contribution in [0.25, 0.3) is 0 Å². The number of hydrogen-bond donors (Lipinski definition) is 1. The molecule has 0 atom stereocenters. The maximum atomic E-state index is 12.6. The summed E-state index contributed by atoms with van der Waals surface area (Å²) in [5, 5.41) is 0.